The van der Waals surface area contributed by atoms with Crippen LogP contribution >= 0.6 is 0 Å². The minimum absolute atomic E-state index is 0.0250. The molecule has 2 aromatic rings. The van der Waals surface area contributed by atoms with Crippen LogP contribution in [0, 0.1) is 0 Å². The summed E-state index contributed by atoms with van der Waals surface area (Å²) >= 11 is 0. The van der Waals surface area contributed by atoms with Crippen LogP contribution in [0.4, 0.5) is 5.69 Å². The maximum absolute atomic E-state index is 12.7. The molecule has 1 heterocycles. The summed E-state index contributed by atoms with van der Waals surface area (Å²) in [6.07, 6.45) is 0.447. The molecule has 0 saturated heterocycles. The Morgan fingerprint density at radius 3 is 2.35 bits per heavy atom. The fourth-order valence-electron chi connectivity index (χ4n) is 3.80. The first-order chi connectivity index (χ1) is 15.8. The summed E-state index contributed by atoms with van der Waals surface area (Å²) in [5.74, 6) is -1.62. The van der Waals surface area contributed by atoms with Gasteiger partial charge in [-0.05, 0) is 60.2 Å². The molecule has 1 aliphatic heterocycles. The van der Waals surface area contributed by atoms with Crippen molar-refractivity contribution in [1.29, 1.82) is 0 Å². The number of hydrogen-bond acceptors (Lipinski definition) is 6. The van der Waals surface area contributed by atoms with Crippen molar-refractivity contribution in [3.8, 4) is 0 Å². The monoisotopic (exact) mass is 487 g/mol. The Balaban J connectivity index is 1.53. The van der Waals surface area contributed by atoms with Crippen LogP contribution in [0.3, 0.4) is 0 Å². The van der Waals surface area contributed by atoms with E-state index in [4.69, 9.17) is 9.88 Å². The number of carbonyl (C=O) groups excluding carboxylic acids is 3. The number of anilines is 1. The predicted molar refractivity (Wildman–Crippen MR) is 127 cm³/mol. The summed E-state index contributed by atoms with van der Waals surface area (Å²) in [6.45, 7) is 7.14. The molecule has 0 saturated carbocycles. The molecule has 182 valence electrons. The summed E-state index contributed by atoms with van der Waals surface area (Å²) < 4.78 is 28.2. The molecule has 0 bridgehead atoms. The number of primary sulfonamides is 1. The van der Waals surface area contributed by atoms with E-state index < -0.39 is 34.4 Å². The van der Waals surface area contributed by atoms with Crippen molar-refractivity contribution in [2.75, 3.05) is 18.1 Å². The van der Waals surface area contributed by atoms with Crippen molar-refractivity contribution < 1.29 is 27.5 Å². The van der Waals surface area contributed by atoms with E-state index in [1.54, 1.807) is 12.1 Å². The molecule has 3 N–H and O–H groups in total. The van der Waals surface area contributed by atoms with Gasteiger partial charge in [-0.25, -0.2) is 13.6 Å². The lowest BCUT2D eigenvalue weighted by Gasteiger charge is -2.22. The van der Waals surface area contributed by atoms with Gasteiger partial charge in [0.25, 0.3) is 11.8 Å². The zero-order chi connectivity index (χ0) is 25.3. The van der Waals surface area contributed by atoms with Gasteiger partial charge in [-0.15, -0.1) is 0 Å². The first-order valence-corrected chi connectivity index (χ1v) is 12.3. The Morgan fingerprint density at radius 1 is 1.12 bits per heavy atom. The number of hydrogen-bond donors (Lipinski definition) is 2. The fraction of sp³-hybridized carbons (Fsp3) is 0.375. The summed E-state index contributed by atoms with van der Waals surface area (Å²) in [5, 5.41) is 7.66. The molecule has 0 unspecified atom stereocenters. The molecule has 1 atom stereocenters. The average Bonchev–Trinajstić information content (AvgIpc) is 3.09. The number of nitrogens with two attached hydrogens (primary N) is 1. The largest absolute Gasteiger partial charge is 0.454 e. The molecule has 0 spiro atoms. The number of sulfonamides is 1. The van der Waals surface area contributed by atoms with Crippen LogP contribution in [0.15, 0.2) is 47.4 Å². The maximum Gasteiger partial charge on any atom is 0.325 e. The maximum atomic E-state index is 12.7. The highest BCUT2D eigenvalue weighted by Crippen LogP contribution is 2.33. The standard InChI is InChI=1S/C24H29N3O6S/c1-15-11-17-12-19(34(25,31)32)9-10-20(17)27(15)21(28)14-33-22(29)13-26-23(30)16-5-7-18(8-6-16)24(2,3)4/h5-10,12,15H,11,13-14H2,1-4H3,(H,26,30)(H2,25,31,32)/t15-/m0/s1. The van der Waals surface area contributed by atoms with Crippen molar-refractivity contribution in [3.05, 3.63) is 59.2 Å². The normalized spacial score (nSPS) is 15.6. The minimum Gasteiger partial charge on any atom is -0.454 e. The molecule has 0 aromatic heterocycles. The molecule has 9 nitrogen and oxygen atoms in total. The zero-order valence-electron chi connectivity index (χ0n) is 19.6. The number of amides is 2. The molecule has 10 heteroatoms. The predicted octanol–water partition coefficient (Wildman–Crippen LogP) is 1.88. The lowest BCUT2D eigenvalue weighted by Crippen LogP contribution is -2.39. The zero-order valence-corrected chi connectivity index (χ0v) is 20.4. The number of benzene rings is 2. The first-order valence-electron chi connectivity index (χ1n) is 10.8. The van der Waals surface area contributed by atoms with Crippen LogP contribution in [0.2, 0.25) is 0 Å². The second-order valence-electron chi connectivity index (χ2n) is 9.32. The summed E-state index contributed by atoms with van der Waals surface area (Å²) in [6, 6.07) is 11.2. The molecular weight excluding hydrogens is 458 g/mol. The Hall–Kier alpha value is -3.24. The lowest BCUT2D eigenvalue weighted by molar-refractivity contribution is -0.146. The number of fused-ring (bicyclic) bond motifs is 1. The van der Waals surface area contributed by atoms with Crippen LogP contribution in [0.1, 0.15) is 49.2 Å². The van der Waals surface area contributed by atoms with Crippen LogP contribution in [0.25, 0.3) is 0 Å². The number of nitrogens with zero attached hydrogens (tertiary/aromatic N) is 1. The second-order valence-corrected chi connectivity index (χ2v) is 10.9. The Labute approximate surface area is 199 Å². The van der Waals surface area contributed by atoms with Gasteiger partial charge < -0.3 is 15.0 Å². The van der Waals surface area contributed by atoms with Crippen LogP contribution < -0.4 is 15.4 Å². The fourth-order valence-corrected chi connectivity index (χ4v) is 4.37. The van der Waals surface area contributed by atoms with E-state index in [0.717, 1.165) is 5.56 Å². The number of carbonyl (C=O) groups is 3. The van der Waals surface area contributed by atoms with E-state index in [1.807, 2.05) is 19.1 Å². The second kappa shape index (κ2) is 9.55. The van der Waals surface area contributed by atoms with E-state index >= 15 is 0 Å². The SMILES string of the molecule is C[C@H]1Cc2cc(S(N)(=O)=O)ccc2N1C(=O)COC(=O)CNC(=O)c1ccc(C(C)(C)C)cc1. The molecule has 34 heavy (non-hydrogen) atoms. The van der Waals surface area contributed by atoms with Gasteiger partial charge in [0.05, 0.1) is 4.90 Å². The Kier molecular flexibility index (Phi) is 7.13. The van der Waals surface area contributed by atoms with E-state index in [0.29, 0.717) is 23.2 Å². The van der Waals surface area contributed by atoms with E-state index in [2.05, 4.69) is 26.1 Å². The third kappa shape index (κ3) is 5.81. The van der Waals surface area contributed by atoms with Gasteiger partial charge in [0, 0.05) is 17.3 Å². The van der Waals surface area contributed by atoms with Crippen LogP contribution in [-0.2, 0) is 36.2 Å². The van der Waals surface area contributed by atoms with Gasteiger partial charge in [0.1, 0.15) is 6.54 Å². The van der Waals surface area contributed by atoms with Gasteiger partial charge in [0.2, 0.25) is 10.0 Å². The summed E-state index contributed by atoms with van der Waals surface area (Å²) in [7, 11) is -3.85. The van der Waals surface area contributed by atoms with Crippen LogP contribution in [0.5, 0.6) is 0 Å². The van der Waals surface area contributed by atoms with Gasteiger partial charge >= 0.3 is 5.97 Å². The Bertz CT molecular complexity index is 1220. The number of nitrogens with one attached hydrogen (secondary N) is 1. The van der Waals surface area contributed by atoms with Gasteiger partial charge in [-0.1, -0.05) is 32.9 Å². The topological polar surface area (TPSA) is 136 Å². The van der Waals surface area contributed by atoms with Gasteiger partial charge in [-0.2, -0.15) is 0 Å². The van der Waals surface area contributed by atoms with Crippen LogP contribution in [-0.4, -0.2) is 45.4 Å². The quantitative estimate of drug-likeness (QED) is 0.597. The highest BCUT2D eigenvalue weighted by molar-refractivity contribution is 7.89. The van der Waals surface area contributed by atoms with Crippen molar-refractivity contribution in [1.82, 2.24) is 5.32 Å². The summed E-state index contributed by atoms with van der Waals surface area (Å²) in [4.78, 5) is 38.5. The third-order valence-electron chi connectivity index (χ3n) is 5.63. The van der Waals surface area contributed by atoms with Gasteiger partial charge in [0.15, 0.2) is 6.61 Å². The number of rotatable bonds is 6. The van der Waals surface area contributed by atoms with Crippen molar-refractivity contribution >= 4 is 33.5 Å². The number of ether oxygens (including phenoxy) is 1. The highest BCUT2D eigenvalue weighted by atomic mass is 32.2. The average molecular weight is 488 g/mol. The Morgan fingerprint density at radius 2 is 1.76 bits per heavy atom. The van der Waals surface area contributed by atoms with E-state index in [9.17, 15) is 22.8 Å². The summed E-state index contributed by atoms with van der Waals surface area (Å²) in [5.41, 5.74) is 2.68. The van der Waals surface area contributed by atoms with E-state index in [1.165, 1.54) is 23.1 Å². The molecular formula is C24H29N3O6S. The number of esters is 1. The van der Waals surface area contributed by atoms with Crippen molar-refractivity contribution in [2.24, 2.45) is 5.14 Å². The molecule has 2 aromatic carbocycles. The lowest BCUT2D eigenvalue weighted by atomic mass is 9.87. The molecule has 1 aliphatic rings. The van der Waals surface area contributed by atoms with E-state index in [-0.39, 0.29) is 22.9 Å². The third-order valence-corrected chi connectivity index (χ3v) is 6.54. The molecule has 0 radical (unpaired) electrons. The van der Waals surface area contributed by atoms with Crippen molar-refractivity contribution in [3.63, 3.8) is 0 Å². The smallest absolute Gasteiger partial charge is 0.325 e. The first kappa shape index (κ1) is 25.4. The molecule has 3 rings (SSSR count). The highest BCUT2D eigenvalue weighted by Gasteiger charge is 2.32. The van der Waals surface area contributed by atoms with Crippen molar-refractivity contribution in [2.45, 2.75) is 50.5 Å². The van der Waals surface area contributed by atoms with Gasteiger partial charge in [-0.3, -0.25) is 14.4 Å². The minimum atomic E-state index is -3.85. The molecule has 2 amide bonds. The molecule has 0 fully saturated rings. The molecule has 0 aliphatic carbocycles.